The highest BCUT2D eigenvalue weighted by Crippen LogP contribution is 2.41. The Hall–Kier alpha value is -0.990. The Bertz CT molecular complexity index is 577. The van der Waals surface area contributed by atoms with Gasteiger partial charge in [-0.05, 0) is 31.0 Å². The van der Waals surface area contributed by atoms with Gasteiger partial charge in [0.25, 0.3) is 0 Å². The monoisotopic (exact) mass is 252 g/mol. The molecule has 2 nitrogen and oxygen atoms in total. The minimum Gasteiger partial charge on any atom is -0.398 e. The first-order valence-corrected chi connectivity index (χ1v) is 5.96. The number of halogens is 2. The molecule has 2 aromatic rings. The summed E-state index contributed by atoms with van der Waals surface area (Å²) in [5, 5.41) is 1.99. The third-order valence-electron chi connectivity index (χ3n) is 2.88. The highest BCUT2D eigenvalue weighted by Gasteiger charge is 2.26. The predicted molar refractivity (Wildman–Crippen MR) is 68.2 cm³/mol. The van der Waals surface area contributed by atoms with E-state index in [0.29, 0.717) is 21.7 Å². The minimum atomic E-state index is 0.566. The van der Waals surface area contributed by atoms with E-state index < -0.39 is 0 Å². The summed E-state index contributed by atoms with van der Waals surface area (Å²) >= 11 is 12.1. The summed E-state index contributed by atoms with van der Waals surface area (Å²) in [6.07, 6.45) is 2.40. The fourth-order valence-electron chi connectivity index (χ4n) is 1.89. The normalized spacial score (nSPS) is 15.6. The molecule has 1 fully saturated rings. The van der Waals surface area contributed by atoms with E-state index in [2.05, 4.69) is 4.98 Å². The number of aromatic nitrogens is 1. The van der Waals surface area contributed by atoms with E-state index in [1.54, 1.807) is 6.07 Å². The van der Waals surface area contributed by atoms with Crippen LogP contribution >= 0.6 is 23.2 Å². The molecule has 0 atom stereocenters. The Kier molecular flexibility index (Phi) is 2.23. The largest absolute Gasteiger partial charge is 0.398 e. The van der Waals surface area contributed by atoms with Crippen molar-refractivity contribution in [3.63, 3.8) is 0 Å². The lowest BCUT2D eigenvalue weighted by atomic mass is 10.1. The molecule has 0 spiro atoms. The average molecular weight is 253 g/mol. The van der Waals surface area contributed by atoms with Crippen LogP contribution in [0.15, 0.2) is 18.2 Å². The van der Waals surface area contributed by atoms with Crippen LogP contribution in [0.3, 0.4) is 0 Å². The number of pyridine rings is 1. The van der Waals surface area contributed by atoms with Gasteiger partial charge in [-0.1, -0.05) is 23.2 Å². The standard InChI is InChI=1S/C12H10Cl2N2/c13-7-3-8-10(15)5-11(6-1-2-6)16-12(8)9(14)4-7/h3-6H,1-2H2,(H2,15,16). The summed E-state index contributed by atoms with van der Waals surface area (Å²) < 4.78 is 0. The van der Waals surface area contributed by atoms with E-state index in [-0.39, 0.29) is 0 Å². The summed E-state index contributed by atoms with van der Waals surface area (Å²) in [6, 6.07) is 5.45. The predicted octanol–water partition coefficient (Wildman–Crippen LogP) is 4.00. The molecule has 4 heteroatoms. The first kappa shape index (κ1) is 10.2. The van der Waals surface area contributed by atoms with Gasteiger partial charge in [-0.15, -0.1) is 0 Å². The fraction of sp³-hybridized carbons (Fsp3) is 0.250. The van der Waals surface area contributed by atoms with Crippen LogP contribution in [0.1, 0.15) is 24.5 Å². The maximum absolute atomic E-state index is 6.13. The number of hydrogen-bond acceptors (Lipinski definition) is 2. The molecule has 0 aliphatic heterocycles. The Morgan fingerprint density at radius 3 is 2.62 bits per heavy atom. The first-order chi connectivity index (χ1) is 7.65. The molecule has 1 heterocycles. The van der Waals surface area contributed by atoms with E-state index >= 15 is 0 Å². The Morgan fingerprint density at radius 2 is 1.94 bits per heavy atom. The van der Waals surface area contributed by atoms with Gasteiger partial charge in [-0.25, -0.2) is 0 Å². The number of nitrogen functional groups attached to an aromatic ring is 1. The van der Waals surface area contributed by atoms with Crippen LogP contribution in [0.4, 0.5) is 5.69 Å². The highest BCUT2D eigenvalue weighted by atomic mass is 35.5. The smallest absolute Gasteiger partial charge is 0.0913 e. The SMILES string of the molecule is Nc1cc(C2CC2)nc2c(Cl)cc(Cl)cc12. The van der Waals surface area contributed by atoms with Crippen LogP contribution < -0.4 is 5.73 Å². The molecule has 0 bridgehead atoms. The topological polar surface area (TPSA) is 38.9 Å². The van der Waals surface area contributed by atoms with Gasteiger partial charge >= 0.3 is 0 Å². The van der Waals surface area contributed by atoms with Gasteiger partial charge < -0.3 is 5.73 Å². The maximum Gasteiger partial charge on any atom is 0.0913 e. The third-order valence-corrected chi connectivity index (χ3v) is 3.39. The van der Waals surface area contributed by atoms with Crippen LogP contribution in [-0.2, 0) is 0 Å². The second-order valence-corrected chi connectivity index (χ2v) is 5.04. The molecule has 16 heavy (non-hydrogen) atoms. The van der Waals surface area contributed by atoms with Gasteiger partial charge in [-0.3, -0.25) is 4.98 Å². The number of nitrogens with two attached hydrogens (primary N) is 1. The van der Waals surface area contributed by atoms with Gasteiger partial charge in [-0.2, -0.15) is 0 Å². The van der Waals surface area contributed by atoms with Crippen LogP contribution in [-0.4, -0.2) is 4.98 Å². The Labute approximate surface area is 103 Å². The highest BCUT2D eigenvalue weighted by molar-refractivity contribution is 6.38. The van der Waals surface area contributed by atoms with Crippen molar-refractivity contribution in [1.29, 1.82) is 0 Å². The van der Waals surface area contributed by atoms with Crippen LogP contribution in [0.5, 0.6) is 0 Å². The van der Waals surface area contributed by atoms with Crippen LogP contribution in [0, 0.1) is 0 Å². The van der Waals surface area contributed by atoms with E-state index in [4.69, 9.17) is 28.9 Å². The maximum atomic E-state index is 6.13. The number of fused-ring (bicyclic) bond motifs is 1. The summed E-state index contributed by atoms with van der Waals surface area (Å²) in [7, 11) is 0. The molecular weight excluding hydrogens is 243 g/mol. The van der Waals surface area contributed by atoms with Gasteiger partial charge in [0, 0.05) is 27.7 Å². The van der Waals surface area contributed by atoms with E-state index in [9.17, 15) is 0 Å². The molecule has 1 aromatic heterocycles. The molecule has 2 N–H and O–H groups in total. The van der Waals surface area contributed by atoms with Crippen molar-refractivity contribution in [2.24, 2.45) is 0 Å². The minimum absolute atomic E-state index is 0.566. The van der Waals surface area contributed by atoms with Crippen molar-refractivity contribution in [2.75, 3.05) is 5.73 Å². The fourth-order valence-corrected chi connectivity index (χ4v) is 2.42. The number of benzene rings is 1. The van der Waals surface area contributed by atoms with E-state index in [1.165, 1.54) is 12.8 Å². The molecular formula is C12H10Cl2N2. The van der Waals surface area contributed by atoms with Gasteiger partial charge in [0.1, 0.15) is 0 Å². The van der Waals surface area contributed by atoms with Gasteiger partial charge in [0.05, 0.1) is 10.5 Å². The average Bonchev–Trinajstić information content (AvgIpc) is 3.02. The van der Waals surface area contributed by atoms with E-state index in [0.717, 1.165) is 16.6 Å². The molecule has 0 saturated heterocycles. The lowest BCUT2D eigenvalue weighted by Crippen LogP contribution is -1.95. The lowest BCUT2D eigenvalue weighted by molar-refractivity contribution is 1.05. The summed E-state index contributed by atoms with van der Waals surface area (Å²) in [4.78, 5) is 4.57. The van der Waals surface area contributed by atoms with Crippen LogP contribution in [0.2, 0.25) is 10.0 Å². The Balaban J connectivity index is 2.32. The van der Waals surface area contributed by atoms with Crippen LogP contribution in [0.25, 0.3) is 10.9 Å². The lowest BCUT2D eigenvalue weighted by Gasteiger charge is -2.07. The number of hydrogen-bond donors (Lipinski definition) is 1. The van der Waals surface area contributed by atoms with E-state index in [1.807, 2.05) is 12.1 Å². The summed E-state index contributed by atoms with van der Waals surface area (Å²) in [6.45, 7) is 0. The van der Waals surface area contributed by atoms with Crippen molar-refractivity contribution < 1.29 is 0 Å². The van der Waals surface area contributed by atoms with Crippen molar-refractivity contribution in [1.82, 2.24) is 4.98 Å². The number of nitrogens with zero attached hydrogens (tertiary/aromatic N) is 1. The van der Waals surface area contributed by atoms with Crippen molar-refractivity contribution in [3.05, 3.63) is 33.9 Å². The molecule has 3 rings (SSSR count). The zero-order valence-corrected chi connectivity index (χ0v) is 10.0. The zero-order chi connectivity index (χ0) is 11.3. The van der Waals surface area contributed by atoms with Gasteiger partial charge in [0.2, 0.25) is 0 Å². The van der Waals surface area contributed by atoms with Crippen molar-refractivity contribution >= 4 is 39.8 Å². The summed E-state index contributed by atoms with van der Waals surface area (Å²) in [5.41, 5.74) is 8.52. The Morgan fingerprint density at radius 1 is 1.19 bits per heavy atom. The molecule has 82 valence electrons. The number of rotatable bonds is 1. The second kappa shape index (κ2) is 3.51. The quantitative estimate of drug-likeness (QED) is 0.834. The molecule has 0 amide bonds. The zero-order valence-electron chi connectivity index (χ0n) is 8.50. The second-order valence-electron chi connectivity index (χ2n) is 4.19. The molecule has 1 aliphatic rings. The van der Waals surface area contributed by atoms with Gasteiger partial charge in [0.15, 0.2) is 0 Å². The first-order valence-electron chi connectivity index (χ1n) is 5.20. The van der Waals surface area contributed by atoms with Crippen molar-refractivity contribution in [2.45, 2.75) is 18.8 Å². The van der Waals surface area contributed by atoms with Crippen molar-refractivity contribution in [3.8, 4) is 0 Å². The molecule has 0 radical (unpaired) electrons. The molecule has 1 aliphatic carbocycles. The number of anilines is 1. The molecule has 1 aromatic carbocycles. The summed E-state index contributed by atoms with van der Waals surface area (Å²) in [5.74, 6) is 0.568. The molecule has 0 unspecified atom stereocenters. The third kappa shape index (κ3) is 1.62. The molecule has 1 saturated carbocycles.